The molecule has 0 spiro atoms. The molecule has 2 aliphatic heterocycles. The fourth-order valence-electron chi connectivity index (χ4n) is 4.23. The third-order valence-corrected chi connectivity index (χ3v) is 5.49. The zero-order valence-corrected chi connectivity index (χ0v) is 17.3. The van der Waals surface area contributed by atoms with Crippen LogP contribution in [0, 0.1) is 13.8 Å². The van der Waals surface area contributed by atoms with E-state index in [1.54, 1.807) is 17.0 Å². The highest BCUT2D eigenvalue weighted by atomic mass is 16.5. The van der Waals surface area contributed by atoms with Gasteiger partial charge >= 0.3 is 5.97 Å². The SMILES string of the molecule is COc1cc([C@H]2CC(=O)N(c3cc(C)cc(C)c3)C3=C2C(=O)OC3)cc(OC)c1O. The van der Waals surface area contributed by atoms with Crippen LogP contribution in [0.1, 0.15) is 29.0 Å². The molecule has 0 saturated carbocycles. The highest BCUT2D eigenvalue weighted by molar-refractivity contribution is 6.06. The van der Waals surface area contributed by atoms with Crippen molar-refractivity contribution >= 4 is 17.6 Å². The zero-order chi connectivity index (χ0) is 21.6. The Bertz CT molecular complexity index is 1040. The number of hydrogen-bond acceptors (Lipinski definition) is 6. The number of hydrogen-bond donors (Lipinski definition) is 1. The van der Waals surface area contributed by atoms with Gasteiger partial charge in [-0.3, -0.25) is 9.69 Å². The second-order valence-corrected chi connectivity index (χ2v) is 7.54. The molecule has 7 heteroatoms. The average molecular weight is 409 g/mol. The summed E-state index contributed by atoms with van der Waals surface area (Å²) >= 11 is 0. The molecule has 0 fully saturated rings. The fourth-order valence-corrected chi connectivity index (χ4v) is 4.23. The van der Waals surface area contributed by atoms with Crippen LogP contribution in [-0.2, 0) is 14.3 Å². The van der Waals surface area contributed by atoms with Gasteiger partial charge in [0.05, 0.1) is 25.5 Å². The molecular weight excluding hydrogens is 386 g/mol. The molecule has 7 nitrogen and oxygen atoms in total. The first-order chi connectivity index (χ1) is 14.3. The molecule has 1 amide bonds. The second-order valence-electron chi connectivity index (χ2n) is 7.54. The summed E-state index contributed by atoms with van der Waals surface area (Å²) in [6.45, 7) is 3.97. The number of rotatable bonds is 4. The number of methoxy groups -OCH3 is 2. The van der Waals surface area contributed by atoms with Gasteiger partial charge in [-0.15, -0.1) is 0 Å². The summed E-state index contributed by atoms with van der Waals surface area (Å²) in [6.07, 6.45) is 0.0814. The number of amides is 1. The Morgan fingerprint density at radius 3 is 2.17 bits per heavy atom. The van der Waals surface area contributed by atoms with Gasteiger partial charge in [0.15, 0.2) is 11.5 Å². The van der Waals surface area contributed by atoms with Gasteiger partial charge in [-0.2, -0.15) is 0 Å². The maximum Gasteiger partial charge on any atom is 0.336 e. The Balaban J connectivity index is 1.86. The lowest BCUT2D eigenvalue weighted by Gasteiger charge is -2.32. The first kappa shape index (κ1) is 19.8. The quantitative estimate of drug-likeness (QED) is 0.780. The van der Waals surface area contributed by atoms with Gasteiger partial charge in [0.25, 0.3) is 0 Å². The standard InChI is InChI=1S/C23H23NO6/c1-12-5-13(2)7-15(6-12)24-17-11-30-23(27)21(17)16(10-20(24)25)14-8-18(28-3)22(26)19(9-14)29-4/h5-9,16,26H,10-11H2,1-4H3/t16-/m1/s1. The first-order valence-electron chi connectivity index (χ1n) is 9.60. The third-order valence-electron chi connectivity index (χ3n) is 5.49. The minimum Gasteiger partial charge on any atom is -0.502 e. The molecule has 156 valence electrons. The van der Waals surface area contributed by atoms with Crippen LogP contribution < -0.4 is 14.4 Å². The van der Waals surface area contributed by atoms with Crippen molar-refractivity contribution in [3.8, 4) is 17.2 Å². The van der Waals surface area contributed by atoms with Crippen LogP contribution in [0.4, 0.5) is 5.69 Å². The number of ether oxygens (including phenoxy) is 3. The number of anilines is 1. The van der Waals surface area contributed by atoms with Crippen LogP contribution in [0.15, 0.2) is 41.6 Å². The fraction of sp³-hybridized carbons (Fsp3) is 0.304. The Kier molecular flexibility index (Phi) is 4.89. The van der Waals surface area contributed by atoms with E-state index in [1.165, 1.54) is 14.2 Å². The maximum absolute atomic E-state index is 13.2. The number of phenols is 1. The predicted octanol–water partition coefficient (Wildman–Crippen LogP) is 3.36. The van der Waals surface area contributed by atoms with E-state index >= 15 is 0 Å². The van der Waals surface area contributed by atoms with Crippen molar-refractivity contribution in [2.75, 3.05) is 25.7 Å². The van der Waals surface area contributed by atoms with Crippen LogP contribution in [0.25, 0.3) is 0 Å². The van der Waals surface area contributed by atoms with Crippen molar-refractivity contribution in [1.82, 2.24) is 0 Å². The van der Waals surface area contributed by atoms with Crippen molar-refractivity contribution in [2.45, 2.75) is 26.2 Å². The highest BCUT2D eigenvalue weighted by Gasteiger charge is 2.43. The van der Waals surface area contributed by atoms with Crippen LogP contribution in [0.3, 0.4) is 0 Å². The van der Waals surface area contributed by atoms with Gasteiger partial charge in [0, 0.05) is 18.0 Å². The summed E-state index contributed by atoms with van der Waals surface area (Å²) in [5.74, 6) is -0.806. The van der Waals surface area contributed by atoms with E-state index in [4.69, 9.17) is 14.2 Å². The lowest BCUT2D eigenvalue weighted by atomic mass is 9.83. The van der Waals surface area contributed by atoms with Gasteiger partial charge in [-0.25, -0.2) is 4.79 Å². The van der Waals surface area contributed by atoms with Crippen molar-refractivity contribution in [3.05, 3.63) is 58.3 Å². The molecule has 30 heavy (non-hydrogen) atoms. The lowest BCUT2D eigenvalue weighted by Crippen LogP contribution is -2.37. The third kappa shape index (κ3) is 3.16. The van der Waals surface area contributed by atoms with Crippen LogP contribution in [-0.4, -0.2) is 37.8 Å². The minimum absolute atomic E-state index is 0.0375. The van der Waals surface area contributed by atoms with Crippen molar-refractivity contribution < 1.29 is 28.9 Å². The topological polar surface area (TPSA) is 85.3 Å². The van der Waals surface area contributed by atoms with Crippen LogP contribution in [0.2, 0.25) is 0 Å². The summed E-state index contributed by atoms with van der Waals surface area (Å²) in [6, 6.07) is 9.12. The number of carbonyl (C=O) groups is 2. The van der Waals surface area contributed by atoms with Gasteiger partial charge in [0.1, 0.15) is 6.61 Å². The number of phenolic OH excluding ortho intramolecular Hbond substituents is 1. The largest absolute Gasteiger partial charge is 0.502 e. The molecule has 2 heterocycles. The first-order valence-corrected chi connectivity index (χ1v) is 9.60. The summed E-state index contributed by atoms with van der Waals surface area (Å²) in [5, 5.41) is 10.2. The molecule has 2 aromatic rings. The van der Waals surface area contributed by atoms with Gasteiger partial charge < -0.3 is 19.3 Å². The molecule has 0 unspecified atom stereocenters. The molecule has 0 bridgehead atoms. The van der Waals surface area contributed by atoms with E-state index in [2.05, 4.69) is 0 Å². The van der Waals surface area contributed by atoms with E-state index in [0.717, 1.165) is 16.8 Å². The number of aryl methyl sites for hydroxylation is 2. The van der Waals surface area contributed by atoms with Gasteiger partial charge in [-0.05, 0) is 54.8 Å². The summed E-state index contributed by atoms with van der Waals surface area (Å²) in [4.78, 5) is 27.5. The molecule has 0 radical (unpaired) electrons. The smallest absolute Gasteiger partial charge is 0.336 e. The molecule has 0 aliphatic carbocycles. The average Bonchev–Trinajstić information content (AvgIpc) is 3.08. The summed E-state index contributed by atoms with van der Waals surface area (Å²) in [7, 11) is 2.86. The predicted molar refractivity (Wildman–Crippen MR) is 110 cm³/mol. The lowest BCUT2D eigenvalue weighted by molar-refractivity contribution is -0.136. The number of cyclic esters (lactones) is 1. The van der Waals surface area contributed by atoms with E-state index in [-0.39, 0.29) is 36.2 Å². The van der Waals surface area contributed by atoms with E-state index < -0.39 is 11.9 Å². The highest BCUT2D eigenvalue weighted by Crippen LogP contribution is 2.46. The molecule has 2 aromatic carbocycles. The van der Waals surface area contributed by atoms with E-state index in [9.17, 15) is 14.7 Å². The molecule has 4 rings (SSSR count). The van der Waals surface area contributed by atoms with Crippen molar-refractivity contribution in [2.24, 2.45) is 0 Å². The Labute approximate surface area is 174 Å². The maximum atomic E-state index is 13.2. The van der Waals surface area contributed by atoms with Crippen molar-refractivity contribution in [3.63, 3.8) is 0 Å². The molecule has 2 aliphatic rings. The van der Waals surface area contributed by atoms with Crippen LogP contribution in [0.5, 0.6) is 17.2 Å². The molecule has 1 N–H and O–H groups in total. The molecular formula is C23H23NO6. The zero-order valence-electron chi connectivity index (χ0n) is 17.3. The van der Waals surface area contributed by atoms with E-state index in [0.29, 0.717) is 16.8 Å². The summed E-state index contributed by atoms with van der Waals surface area (Å²) in [5.41, 5.74) is 4.42. The van der Waals surface area contributed by atoms with Crippen molar-refractivity contribution in [1.29, 1.82) is 0 Å². The number of carbonyl (C=O) groups excluding carboxylic acids is 2. The number of aromatic hydroxyl groups is 1. The Morgan fingerprint density at radius 2 is 1.60 bits per heavy atom. The Hall–Kier alpha value is -3.48. The monoisotopic (exact) mass is 409 g/mol. The van der Waals surface area contributed by atoms with E-state index in [1.807, 2.05) is 32.0 Å². The number of esters is 1. The summed E-state index contributed by atoms with van der Waals surface area (Å²) < 4.78 is 15.8. The number of nitrogens with zero attached hydrogens (tertiary/aromatic N) is 1. The van der Waals surface area contributed by atoms with Crippen LogP contribution >= 0.6 is 0 Å². The number of benzene rings is 2. The van der Waals surface area contributed by atoms with Gasteiger partial charge in [0.2, 0.25) is 11.7 Å². The Morgan fingerprint density at radius 1 is 1.00 bits per heavy atom. The molecule has 0 aromatic heterocycles. The molecule has 0 saturated heterocycles. The van der Waals surface area contributed by atoms with Gasteiger partial charge in [-0.1, -0.05) is 6.07 Å². The second kappa shape index (κ2) is 7.40. The normalized spacial score (nSPS) is 18.4. The minimum atomic E-state index is -0.520. The molecule has 1 atom stereocenters.